The maximum atomic E-state index is 12.5. The Kier molecular flexibility index (Phi) is 9.20. The van der Waals surface area contributed by atoms with E-state index in [9.17, 15) is 22.2 Å². The molecular formula is C28H26F3N5O4S. The lowest BCUT2D eigenvalue weighted by molar-refractivity contribution is -0.274. The molecule has 0 fully saturated rings. The highest BCUT2D eigenvalue weighted by atomic mass is 32.2. The van der Waals surface area contributed by atoms with Gasteiger partial charge < -0.3 is 15.0 Å². The number of benzene rings is 3. The standard InChI is InChI=1S/C28H26F3N5O4S/c1-18-3-8-21(17-25(18)35-41(38)39)33-27-32-14-13-26(34-27)36(2)22-9-4-19(5-10-22)15-23(37)16-20-6-11-24(12-7-20)40-28(29,30)31/h3-14,17,35H,15-16H2,1-2H3,(H,38,39)(H,32,33,34). The van der Waals surface area contributed by atoms with Crippen molar-refractivity contribution in [1.82, 2.24) is 9.97 Å². The Labute approximate surface area is 236 Å². The summed E-state index contributed by atoms with van der Waals surface area (Å²) in [4.78, 5) is 23.2. The molecule has 0 aliphatic rings. The minimum absolute atomic E-state index is 0.0817. The second-order valence-electron chi connectivity index (χ2n) is 9.05. The number of ketones is 1. The van der Waals surface area contributed by atoms with E-state index in [2.05, 4.69) is 24.7 Å². The fourth-order valence-electron chi connectivity index (χ4n) is 3.93. The van der Waals surface area contributed by atoms with E-state index in [0.29, 0.717) is 28.7 Å². The van der Waals surface area contributed by atoms with Gasteiger partial charge in [-0.15, -0.1) is 13.2 Å². The molecule has 0 saturated heterocycles. The van der Waals surface area contributed by atoms with Gasteiger partial charge in [0.25, 0.3) is 11.3 Å². The van der Waals surface area contributed by atoms with Gasteiger partial charge in [0.2, 0.25) is 5.95 Å². The summed E-state index contributed by atoms with van der Waals surface area (Å²) < 4.78 is 63.5. The van der Waals surface area contributed by atoms with E-state index in [1.54, 1.807) is 30.5 Å². The number of halogens is 3. The van der Waals surface area contributed by atoms with Crippen molar-refractivity contribution >= 4 is 45.9 Å². The lowest BCUT2D eigenvalue weighted by Gasteiger charge is -2.19. The highest BCUT2D eigenvalue weighted by Crippen LogP contribution is 2.26. The van der Waals surface area contributed by atoms with Gasteiger partial charge in [0, 0.05) is 37.5 Å². The van der Waals surface area contributed by atoms with Gasteiger partial charge in [-0.25, -0.2) is 9.19 Å². The molecule has 4 aromatic rings. The molecule has 13 heteroatoms. The number of nitrogens with one attached hydrogen (secondary N) is 2. The Bertz CT molecular complexity index is 1530. The number of hydrogen-bond donors (Lipinski definition) is 3. The number of aryl methyl sites for hydroxylation is 1. The molecule has 4 rings (SSSR count). The van der Waals surface area contributed by atoms with Crippen LogP contribution < -0.4 is 19.7 Å². The van der Waals surface area contributed by atoms with Crippen LogP contribution in [0.25, 0.3) is 0 Å². The minimum Gasteiger partial charge on any atom is -0.406 e. The monoisotopic (exact) mass is 585 g/mol. The Morgan fingerprint density at radius 2 is 1.63 bits per heavy atom. The maximum Gasteiger partial charge on any atom is 0.573 e. The van der Waals surface area contributed by atoms with E-state index in [0.717, 1.165) is 16.8 Å². The number of alkyl halides is 3. The van der Waals surface area contributed by atoms with Crippen molar-refractivity contribution in [1.29, 1.82) is 0 Å². The minimum atomic E-state index is -4.76. The second-order valence-corrected chi connectivity index (χ2v) is 9.76. The zero-order valence-corrected chi connectivity index (χ0v) is 22.8. The van der Waals surface area contributed by atoms with Crippen LogP contribution in [0.4, 0.5) is 42.0 Å². The number of hydrogen-bond acceptors (Lipinski definition) is 7. The van der Waals surface area contributed by atoms with Crippen molar-refractivity contribution in [2.75, 3.05) is 22.0 Å². The number of ether oxygens (including phenoxy) is 1. The SMILES string of the molecule is Cc1ccc(Nc2nccc(N(C)c3ccc(CC(=O)Cc4ccc(OC(F)(F)F)cc4)cc3)n2)cc1NS(=O)O. The van der Waals surface area contributed by atoms with Crippen LogP contribution in [0.2, 0.25) is 0 Å². The number of Topliss-reactive ketones (excluding diaryl/α,β-unsaturated/α-hetero) is 1. The molecule has 0 bridgehead atoms. The third kappa shape index (κ3) is 8.75. The largest absolute Gasteiger partial charge is 0.573 e. The summed E-state index contributed by atoms with van der Waals surface area (Å²) in [6, 6.07) is 19.6. The Balaban J connectivity index is 1.36. The molecule has 3 aromatic carbocycles. The predicted molar refractivity (Wildman–Crippen MR) is 151 cm³/mol. The molecule has 1 aromatic heterocycles. The van der Waals surface area contributed by atoms with Crippen LogP contribution >= 0.6 is 0 Å². The average Bonchev–Trinajstić information content (AvgIpc) is 2.91. The highest BCUT2D eigenvalue weighted by molar-refractivity contribution is 7.80. The van der Waals surface area contributed by atoms with Gasteiger partial charge in [-0.2, -0.15) is 4.98 Å². The number of carbonyl (C=O) groups excluding carboxylic acids is 1. The molecule has 0 aliphatic heterocycles. The summed E-state index contributed by atoms with van der Waals surface area (Å²) in [5.41, 5.74) is 4.13. The van der Waals surface area contributed by atoms with E-state index in [-0.39, 0.29) is 24.4 Å². The zero-order chi connectivity index (χ0) is 29.6. The molecule has 0 aliphatic carbocycles. The van der Waals surface area contributed by atoms with Crippen LogP contribution in [0.3, 0.4) is 0 Å². The quantitative estimate of drug-likeness (QED) is 0.181. The predicted octanol–water partition coefficient (Wildman–Crippen LogP) is 6.10. The fraction of sp³-hybridized carbons (Fsp3) is 0.179. The van der Waals surface area contributed by atoms with Crippen LogP contribution in [0, 0.1) is 6.92 Å². The summed E-state index contributed by atoms with van der Waals surface area (Å²) in [6.07, 6.45) is -2.91. The van der Waals surface area contributed by atoms with E-state index in [4.69, 9.17) is 4.55 Å². The normalized spacial score (nSPS) is 12.0. The van der Waals surface area contributed by atoms with Crippen LogP contribution in [0.1, 0.15) is 16.7 Å². The fourth-order valence-corrected chi connectivity index (χ4v) is 4.33. The molecule has 1 atom stereocenters. The molecule has 0 amide bonds. The first-order valence-electron chi connectivity index (χ1n) is 12.2. The Hall–Kier alpha value is -4.49. The first-order valence-corrected chi connectivity index (χ1v) is 13.3. The zero-order valence-electron chi connectivity index (χ0n) is 22.0. The Morgan fingerprint density at radius 3 is 2.24 bits per heavy atom. The summed E-state index contributed by atoms with van der Waals surface area (Å²) in [7, 11) is 1.84. The number of carbonyl (C=O) groups is 1. The van der Waals surface area contributed by atoms with Crippen LogP contribution in [-0.4, -0.2) is 37.9 Å². The lowest BCUT2D eigenvalue weighted by Crippen LogP contribution is -2.17. The van der Waals surface area contributed by atoms with Gasteiger partial charge in [-0.05, 0) is 66.1 Å². The van der Waals surface area contributed by atoms with Crippen LogP contribution in [0.15, 0.2) is 79.0 Å². The highest BCUT2D eigenvalue weighted by Gasteiger charge is 2.31. The molecule has 214 valence electrons. The molecule has 9 nitrogen and oxygen atoms in total. The lowest BCUT2D eigenvalue weighted by atomic mass is 10.0. The van der Waals surface area contributed by atoms with E-state index >= 15 is 0 Å². The van der Waals surface area contributed by atoms with Crippen LogP contribution in [0.5, 0.6) is 5.75 Å². The molecular weight excluding hydrogens is 559 g/mol. The first kappa shape index (κ1) is 29.5. The molecule has 0 saturated carbocycles. The van der Waals surface area contributed by atoms with Crippen molar-refractivity contribution in [3.63, 3.8) is 0 Å². The van der Waals surface area contributed by atoms with Crippen molar-refractivity contribution in [3.8, 4) is 5.75 Å². The maximum absolute atomic E-state index is 12.5. The van der Waals surface area contributed by atoms with Gasteiger partial charge in [0.1, 0.15) is 17.4 Å². The average molecular weight is 586 g/mol. The summed E-state index contributed by atoms with van der Waals surface area (Å²) in [6.45, 7) is 1.81. The van der Waals surface area contributed by atoms with E-state index < -0.39 is 17.6 Å². The smallest absolute Gasteiger partial charge is 0.406 e. The van der Waals surface area contributed by atoms with E-state index in [1.165, 1.54) is 24.3 Å². The summed E-state index contributed by atoms with van der Waals surface area (Å²) in [5, 5.41) is 3.09. The number of nitrogens with zero attached hydrogens (tertiary/aromatic N) is 3. The molecule has 0 spiro atoms. The van der Waals surface area contributed by atoms with Gasteiger partial charge in [-0.1, -0.05) is 30.3 Å². The van der Waals surface area contributed by atoms with Crippen molar-refractivity contribution in [2.24, 2.45) is 0 Å². The number of rotatable bonds is 11. The Morgan fingerprint density at radius 1 is 1.00 bits per heavy atom. The van der Waals surface area contributed by atoms with Crippen molar-refractivity contribution in [2.45, 2.75) is 26.1 Å². The number of aromatic nitrogens is 2. The topological polar surface area (TPSA) is 117 Å². The second kappa shape index (κ2) is 12.8. The van der Waals surface area contributed by atoms with Crippen molar-refractivity contribution < 1.29 is 31.5 Å². The van der Waals surface area contributed by atoms with Gasteiger partial charge in [-0.3, -0.25) is 14.1 Å². The molecule has 3 N–H and O–H groups in total. The van der Waals surface area contributed by atoms with Crippen LogP contribution in [-0.2, 0) is 28.9 Å². The van der Waals surface area contributed by atoms with Gasteiger partial charge in [0.15, 0.2) is 0 Å². The van der Waals surface area contributed by atoms with Gasteiger partial charge >= 0.3 is 6.36 Å². The third-order valence-corrected chi connectivity index (χ3v) is 6.35. The molecule has 41 heavy (non-hydrogen) atoms. The van der Waals surface area contributed by atoms with E-state index in [1.807, 2.05) is 43.1 Å². The molecule has 1 unspecified atom stereocenters. The third-order valence-electron chi connectivity index (χ3n) is 5.96. The van der Waals surface area contributed by atoms with Gasteiger partial charge in [0.05, 0.1) is 5.69 Å². The van der Waals surface area contributed by atoms with Crippen molar-refractivity contribution in [3.05, 3.63) is 95.7 Å². The summed E-state index contributed by atoms with van der Waals surface area (Å²) >= 11 is -2.20. The first-order chi connectivity index (χ1) is 19.4. The molecule has 0 radical (unpaired) electrons. The summed E-state index contributed by atoms with van der Waals surface area (Å²) in [5.74, 6) is 0.515. The molecule has 1 heterocycles. The number of anilines is 5.